The van der Waals surface area contributed by atoms with Crippen LogP contribution in [0.4, 0.5) is 0 Å². The van der Waals surface area contributed by atoms with Crippen molar-refractivity contribution >= 4 is 62.4 Å². The van der Waals surface area contributed by atoms with Crippen LogP contribution in [-0.4, -0.2) is 62.6 Å². The summed E-state index contributed by atoms with van der Waals surface area (Å²) in [4.78, 5) is 9.18. The van der Waals surface area contributed by atoms with Gasteiger partial charge in [0, 0.05) is 21.9 Å². The molecule has 0 aliphatic carbocycles. The Hall–Kier alpha value is 0.0349. The zero-order valence-corrected chi connectivity index (χ0v) is 15.9. The maximum Gasteiger partial charge on any atom is 0.233 e. The summed E-state index contributed by atoms with van der Waals surface area (Å²) in [5.41, 5.74) is 11.6. The highest BCUT2D eigenvalue weighted by molar-refractivity contribution is 14.1. The number of thioether (sulfide) groups is 2. The molecule has 22 heavy (non-hydrogen) atoms. The third-order valence-corrected chi connectivity index (χ3v) is 9.75. The Morgan fingerprint density at radius 3 is 2.50 bits per heavy atom. The Morgan fingerprint density at radius 2 is 1.73 bits per heavy atom. The van der Waals surface area contributed by atoms with Gasteiger partial charge in [-0.1, -0.05) is 6.32 Å². The molecule has 0 saturated carbocycles. The van der Waals surface area contributed by atoms with Gasteiger partial charge in [-0.2, -0.15) is 23.5 Å². The van der Waals surface area contributed by atoms with E-state index < -0.39 is 0 Å². The fourth-order valence-corrected chi connectivity index (χ4v) is 8.15. The molecule has 2 saturated heterocycles. The van der Waals surface area contributed by atoms with Gasteiger partial charge in [-0.15, -0.1) is 22.4 Å². The molecule has 2 fully saturated rings. The molecule has 0 aromatic rings. The van der Waals surface area contributed by atoms with Crippen molar-refractivity contribution in [2.75, 3.05) is 11.5 Å². The van der Waals surface area contributed by atoms with E-state index in [2.05, 4.69) is 43.0 Å². The second kappa shape index (κ2) is 6.16. The number of hydrogen-bond acceptors (Lipinski definition) is 8. The Balaban J connectivity index is 1.32. The molecular weight excluding hydrogens is 430 g/mol. The zero-order chi connectivity index (χ0) is 15.3. The summed E-state index contributed by atoms with van der Waals surface area (Å²) in [6.07, 6.45) is 2.42. The smallest absolute Gasteiger partial charge is 0.233 e. The van der Waals surface area contributed by atoms with Gasteiger partial charge in [0.2, 0.25) is 4.57 Å². The molecule has 0 aromatic carbocycles. The predicted octanol–water partition coefficient (Wildman–Crippen LogP) is -0.117. The second-order valence-corrected chi connectivity index (χ2v) is 10.4. The van der Waals surface area contributed by atoms with Crippen molar-refractivity contribution in [2.24, 2.45) is 21.5 Å². The van der Waals surface area contributed by atoms with Gasteiger partial charge in [-0.25, -0.2) is 9.98 Å². The zero-order valence-electron chi connectivity index (χ0n) is 12.1. The number of aliphatic imine (C=N–C) groups is 2. The average molecular weight is 450 g/mol. The Labute approximate surface area is 152 Å². The Morgan fingerprint density at radius 1 is 1.09 bits per heavy atom. The first-order valence-corrected chi connectivity index (χ1v) is 11.0. The highest BCUT2D eigenvalue weighted by Gasteiger charge is 2.46. The summed E-state index contributed by atoms with van der Waals surface area (Å²) in [6.45, 7) is 0. The minimum absolute atomic E-state index is 0.359. The van der Waals surface area contributed by atoms with Crippen LogP contribution in [0.1, 0.15) is 6.42 Å². The summed E-state index contributed by atoms with van der Waals surface area (Å²) in [5, 5.41) is 7.76. The lowest BCUT2D eigenvalue weighted by Gasteiger charge is -2.20. The standard InChI is InChI=1S/C12H20BIN6S2/c14-13(10-9-6(4-22-10)18-12(16)20-9)2-1-7-8-5(3-21-7)17-11(15)19-8/h5-10H,1-4H2,(H3,15,17,19)(H3,16,18,20)/t5-,6-,7-,8-,9-,10+/m0/s1. The fraction of sp³-hybridized carbons (Fsp3) is 0.833. The molecule has 6 nitrogen and oxygen atoms in total. The van der Waals surface area contributed by atoms with Crippen LogP contribution in [0.3, 0.4) is 0 Å². The van der Waals surface area contributed by atoms with Crippen LogP contribution >= 0.6 is 45.9 Å². The third-order valence-electron chi connectivity index (χ3n) is 4.83. The molecule has 0 aromatic heterocycles. The van der Waals surface area contributed by atoms with Crippen LogP contribution in [-0.2, 0) is 0 Å². The molecule has 4 aliphatic rings. The highest BCUT2D eigenvalue weighted by Crippen LogP contribution is 2.39. The third kappa shape index (κ3) is 2.79. The van der Waals surface area contributed by atoms with Crippen molar-refractivity contribution < 1.29 is 0 Å². The summed E-state index contributed by atoms with van der Waals surface area (Å²) in [6, 6.07) is 1.63. The van der Waals surface area contributed by atoms with Crippen LogP contribution in [0, 0.1) is 0 Å². The van der Waals surface area contributed by atoms with E-state index in [0.29, 0.717) is 51.1 Å². The van der Waals surface area contributed by atoms with E-state index in [9.17, 15) is 0 Å². The number of fused-ring (bicyclic) bond motifs is 2. The number of nitrogens with two attached hydrogens (primary N) is 2. The van der Waals surface area contributed by atoms with E-state index in [1.165, 1.54) is 12.7 Å². The SMILES string of the molecule is NC1=N[C@H]2[C@H](CS[C@H]2CCB(I)[C@@H]2SC[C@@H]3NC(N)=N[C@@H]32)N1. The van der Waals surface area contributed by atoms with Crippen LogP contribution in [0.2, 0.25) is 6.32 Å². The molecule has 120 valence electrons. The monoisotopic (exact) mass is 450 g/mol. The van der Waals surface area contributed by atoms with Crippen molar-refractivity contribution in [3.05, 3.63) is 0 Å². The fourth-order valence-electron chi connectivity index (χ4n) is 3.75. The van der Waals surface area contributed by atoms with Crippen LogP contribution in [0.5, 0.6) is 0 Å². The van der Waals surface area contributed by atoms with Crippen molar-refractivity contribution in [2.45, 2.75) is 47.3 Å². The predicted molar refractivity (Wildman–Crippen MR) is 106 cm³/mol. The number of rotatable bonds is 4. The van der Waals surface area contributed by atoms with Gasteiger partial charge in [-0.05, 0) is 6.42 Å². The first-order valence-electron chi connectivity index (χ1n) is 7.68. The second-order valence-electron chi connectivity index (χ2n) is 6.27. The first-order chi connectivity index (χ1) is 10.6. The minimum Gasteiger partial charge on any atom is -0.370 e. The molecule has 0 unspecified atom stereocenters. The van der Waals surface area contributed by atoms with E-state index in [4.69, 9.17) is 11.5 Å². The molecule has 10 heteroatoms. The molecule has 0 radical (unpaired) electrons. The van der Waals surface area contributed by atoms with Crippen molar-refractivity contribution in [3.63, 3.8) is 0 Å². The van der Waals surface area contributed by atoms with E-state index >= 15 is 0 Å². The van der Waals surface area contributed by atoms with E-state index in [1.807, 2.05) is 23.5 Å². The molecule has 0 bridgehead atoms. The summed E-state index contributed by atoms with van der Waals surface area (Å²) < 4.78 is 0.629. The van der Waals surface area contributed by atoms with E-state index in [-0.39, 0.29) is 0 Å². The van der Waals surface area contributed by atoms with Gasteiger partial charge in [0.05, 0.1) is 24.2 Å². The van der Waals surface area contributed by atoms with Crippen LogP contribution < -0.4 is 22.1 Å². The highest BCUT2D eigenvalue weighted by atomic mass is 127. The average Bonchev–Trinajstić information content (AvgIpc) is 3.17. The Bertz CT molecular complexity index is 520. The number of halogens is 1. The van der Waals surface area contributed by atoms with Gasteiger partial charge >= 0.3 is 0 Å². The van der Waals surface area contributed by atoms with Gasteiger partial charge < -0.3 is 22.1 Å². The number of nitrogens with zero attached hydrogens (tertiary/aromatic N) is 2. The van der Waals surface area contributed by atoms with Gasteiger partial charge in [0.1, 0.15) is 0 Å². The summed E-state index contributed by atoms with van der Waals surface area (Å²) in [7, 11) is 0. The molecule has 4 heterocycles. The quantitative estimate of drug-likeness (QED) is 0.352. The first kappa shape index (κ1) is 15.6. The van der Waals surface area contributed by atoms with Crippen LogP contribution in [0.25, 0.3) is 0 Å². The molecule has 0 spiro atoms. The maximum atomic E-state index is 5.82. The maximum absolute atomic E-state index is 5.82. The number of guanidine groups is 2. The Kier molecular flexibility index (Phi) is 4.35. The number of hydrogen-bond donors (Lipinski definition) is 4. The van der Waals surface area contributed by atoms with E-state index in [0.717, 1.165) is 11.5 Å². The minimum atomic E-state index is 0.359. The lowest BCUT2D eigenvalue weighted by Crippen LogP contribution is -2.40. The largest absolute Gasteiger partial charge is 0.370 e. The lowest BCUT2D eigenvalue weighted by molar-refractivity contribution is 0.565. The summed E-state index contributed by atoms with van der Waals surface area (Å²) in [5.74, 6) is 3.49. The molecule has 4 aliphatic heterocycles. The van der Waals surface area contributed by atoms with Crippen molar-refractivity contribution in [1.82, 2.24) is 10.6 Å². The normalized spacial score (nSPS) is 42.2. The molecule has 6 atom stereocenters. The van der Waals surface area contributed by atoms with Gasteiger partial charge in [-0.3, -0.25) is 0 Å². The molecule has 0 amide bonds. The topological polar surface area (TPSA) is 101 Å². The van der Waals surface area contributed by atoms with Gasteiger partial charge in [0.15, 0.2) is 11.9 Å². The lowest BCUT2D eigenvalue weighted by atomic mass is 9.65. The molecule has 6 N–H and O–H groups in total. The molecular formula is C12H20BIN6S2. The van der Waals surface area contributed by atoms with Crippen molar-refractivity contribution in [1.29, 1.82) is 0 Å². The van der Waals surface area contributed by atoms with Gasteiger partial charge in [0.25, 0.3) is 0 Å². The van der Waals surface area contributed by atoms with Crippen LogP contribution in [0.15, 0.2) is 9.98 Å². The summed E-state index contributed by atoms with van der Waals surface area (Å²) >= 11 is 6.71. The van der Waals surface area contributed by atoms with E-state index in [1.54, 1.807) is 0 Å². The molecule has 4 rings (SSSR count). The number of nitrogens with one attached hydrogen (secondary N) is 2. The van der Waals surface area contributed by atoms with Crippen molar-refractivity contribution in [3.8, 4) is 0 Å².